The first-order valence-electron chi connectivity index (χ1n) is 21.6. The molecule has 4 aromatic heterocycles. The van der Waals surface area contributed by atoms with Crippen molar-refractivity contribution in [1.82, 2.24) is 24.9 Å². The maximum Gasteiger partial charge on any atom is 0.160 e. The van der Waals surface area contributed by atoms with Gasteiger partial charge in [-0.3, -0.25) is 4.98 Å². The monoisotopic (exact) mass is 813 g/mol. The van der Waals surface area contributed by atoms with Crippen molar-refractivity contribution in [3.63, 3.8) is 0 Å². The number of hydrogen-bond acceptors (Lipinski definition) is 5. The van der Waals surface area contributed by atoms with Crippen LogP contribution in [-0.4, -0.2) is 24.9 Å². The van der Waals surface area contributed by atoms with Crippen LogP contribution in [0.5, 0.6) is 0 Å². The predicted octanol–water partition coefficient (Wildman–Crippen LogP) is 14.9. The second kappa shape index (κ2) is 14.5. The van der Waals surface area contributed by atoms with Gasteiger partial charge in [0.15, 0.2) is 5.82 Å². The first-order valence-corrected chi connectivity index (χ1v) is 21.6. The summed E-state index contributed by atoms with van der Waals surface area (Å²) >= 11 is 0. The fourth-order valence-corrected chi connectivity index (χ4v) is 9.57. The molecular formula is C59H35N5. The standard InChI is InChI=1S/C59H35N5/c1-2-9-38(10-3-1)56-51-34-42(26-31-54(51)63-59(64-56)43-12-6-11-41(33-43)44-13-8-32-60-35-44)36-18-20-37(21-19-36)52-29-24-39-22-23-40-25-30-53(62-58(40)57(39)61-52)47-27-28-50-46-15-5-4-14-45(46)48-16-7-17-49(47)55(48)50/h1-35H. The van der Waals surface area contributed by atoms with E-state index in [2.05, 4.69) is 193 Å². The van der Waals surface area contributed by atoms with Crippen LogP contribution in [0.25, 0.3) is 133 Å². The molecule has 0 atom stereocenters. The summed E-state index contributed by atoms with van der Waals surface area (Å²) in [6, 6.07) is 70.6. The Hall–Kier alpha value is -8.67. The van der Waals surface area contributed by atoms with Crippen molar-refractivity contribution in [2.24, 2.45) is 0 Å². The van der Waals surface area contributed by atoms with Crippen LogP contribution in [-0.2, 0) is 0 Å². The minimum atomic E-state index is 0.684. The average Bonchev–Trinajstić information content (AvgIpc) is 3.70. The molecule has 4 heterocycles. The Balaban J connectivity index is 0.859. The molecule has 8 aromatic carbocycles. The Morgan fingerprint density at radius 2 is 0.922 bits per heavy atom. The van der Waals surface area contributed by atoms with Crippen LogP contribution in [0.4, 0.5) is 0 Å². The molecule has 0 spiro atoms. The van der Waals surface area contributed by atoms with E-state index in [1.54, 1.807) is 6.20 Å². The van der Waals surface area contributed by atoms with Crippen molar-refractivity contribution in [3.8, 4) is 89.7 Å². The summed E-state index contributed by atoms with van der Waals surface area (Å²) in [7, 11) is 0. The number of rotatable bonds is 6. The molecule has 0 radical (unpaired) electrons. The maximum atomic E-state index is 5.36. The van der Waals surface area contributed by atoms with E-state index in [1.165, 1.54) is 33.0 Å². The van der Waals surface area contributed by atoms with Gasteiger partial charge in [0.25, 0.3) is 0 Å². The molecule has 1 aliphatic rings. The van der Waals surface area contributed by atoms with E-state index in [9.17, 15) is 0 Å². The van der Waals surface area contributed by atoms with Crippen LogP contribution in [0, 0.1) is 0 Å². The van der Waals surface area contributed by atoms with Gasteiger partial charge in [0.1, 0.15) is 0 Å². The van der Waals surface area contributed by atoms with Crippen molar-refractivity contribution >= 4 is 43.5 Å². The lowest BCUT2D eigenvalue weighted by Crippen LogP contribution is -1.96. The molecule has 0 saturated carbocycles. The molecule has 1 aliphatic carbocycles. The van der Waals surface area contributed by atoms with Crippen molar-refractivity contribution in [3.05, 3.63) is 213 Å². The van der Waals surface area contributed by atoms with Crippen LogP contribution in [0.1, 0.15) is 0 Å². The van der Waals surface area contributed by atoms with Crippen molar-refractivity contribution in [1.29, 1.82) is 0 Å². The lowest BCUT2D eigenvalue weighted by molar-refractivity contribution is 1.23. The number of hydrogen-bond donors (Lipinski definition) is 0. The van der Waals surface area contributed by atoms with E-state index >= 15 is 0 Å². The van der Waals surface area contributed by atoms with Gasteiger partial charge in [-0.25, -0.2) is 19.9 Å². The fraction of sp³-hybridized carbons (Fsp3) is 0. The lowest BCUT2D eigenvalue weighted by Gasteiger charge is -2.12. The number of benzene rings is 8. The molecule has 0 saturated heterocycles. The highest BCUT2D eigenvalue weighted by Crippen LogP contribution is 2.49. The number of pyridine rings is 3. The summed E-state index contributed by atoms with van der Waals surface area (Å²) in [6.45, 7) is 0. The Morgan fingerprint density at radius 3 is 1.72 bits per heavy atom. The van der Waals surface area contributed by atoms with Gasteiger partial charge in [0.2, 0.25) is 0 Å². The van der Waals surface area contributed by atoms with Gasteiger partial charge in [0.05, 0.1) is 33.6 Å². The SMILES string of the molecule is c1ccc(-c2nc(-c3cccc(-c4cccnc4)c3)nc3ccc(-c4ccc(-c5ccc6ccc7ccc(-c8ccc9c%10c(cccc8%10)-c8ccccc8-9)nc7c6n5)cc4)cc23)cc1. The average molecular weight is 814 g/mol. The number of fused-ring (bicyclic) bond motifs is 7. The Kier molecular flexibility index (Phi) is 8.15. The minimum Gasteiger partial charge on any atom is -0.264 e. The van der Waals surface area contributed by atoms with E-state index in [0.717, 1.165) is 94.3 Å². The normalized spacial score (nSPS) is 11.8. The topological polar surface area (TPSA) is 64.5 Å². The Labute approximate surface area is 369 Å². The Morgan fingerprint density at radius 1 is 0.312 bits per heavy atom. The lowest BCUT2D eigenvalue weighted by atomic mass is 9.96. The second-order valence-corrected chi connectivity index (χ2v) is 16.4. The molecule has 0 unspecified atom stereocenters. The quantitative estimate of drug-likeness (QED) is 0.156. The summed E-state index contributed by atoms with van der Waals surface area (Å²) in [5, 5.41) is 5.64. The molecule has 0 N–H and O–H groups in total. The third-order valence-electron chi connectivity index (χ3n) is 12.7. The summed E-state index contributed by atoms with van der Waals surface area (Å²) in [4.78, 5) is 25.3. The molecule has 5 heteroatoms. The van der Waals surface area contributed by atoms with Crippen molar-refractivity contribution in [2.45, 2.75) is 0 Å². The first kappa shape index (κ1) is 36.0. The van der Waals surface area contributed by atoms with Gasteiger partial charge in [-0.1, -0.05) is 164 Å². The highest BCUT2D eigenvalue weighted by molar-refractivity contribution is 6.18. The van der Waals surface area contributed by atoms with E-state index in [1.807, 2.05) is 18.3 Å². The number of aromatic nitrogens is 5. The predicted molar refractivity (Wildman–Crippen MR) is 262 cm³/mol. The zero-order valence-corrected chi connectivity index (χ0v) is 34.4. The molecule has 0 aliphatic heterocycles. The molecule has 64 heavy (non-hydrogen) atoms. The van der Waals surface area contributed by atoms with E-state index in [-0.39, 0.29) is 0 Å². The molecular weight excluding hydrogens is 779 g/mol. The second-order valence-electron chi connectivity index (χ2n) is 16.4. The van der Waals surface area contributed by atoms with Gasteiger partial charge < -0.3 is 0 Å². The number of nitrogens with zero attached hydrogens (tertiary/aromatic N) is 5. The third-order valence-corrected chi connectivity index (χ3v) is 12.7. The molecule has 0 fully saturated rings. The smallest absolute Gasteiger partial charge is 0.160 e. The molecule has 0 bridgehead atoms. The highest BCUT2D eigenvalue weighted by atomic mass is 14.9. The summed E-state index contributed by atoms with van der Waals surface area (Å²) in [5.74, 6) is 0.684. The van der Waals surface area contributed by atoms with Crippen molar-refractivity contribution < 1.29 is 0 Å². The largest absolute Gasteiger partial charge is 0.264 e. The molecule has 12 aromatic rings. The summed E-state index contributed by atoms with van der Waals surface area (Å²) in [6.07, 6.45) is 3.67. The zero-order valence-electron chi connectivity index (χ0n) is 34.4. The van der Waals surface area contributed by atoms with E-state index in [0.29, 0.717) is 5.82 Å². The molecule has 296 valence electrons. The Bertz CT molecular complexity index is 3800. The zero-order chi connectivity index (χ0) is 42.1. The highest BCUT2D eigenvalue weighted by Gasteiger charge is 2.23. The van der Waals surface area contributed by atoms with Crippen LogP contribution < -0.4 is 0 Å². The van der Waals surface area contributed by atoms with Crippen LogP contribution in [0.3, 0.4) is 0 Å². The molecule has 5 nitrogen and oxygen atoms in total. The minimum absolute atomic E-state index is 0.684. The third kappa shape index (κ3) is 5.90. The van der Waals surface area contributed by atoms with Gasteiger partial charge in [0, 0.05) is 56.4 Å². The van der Waals surface area contributed by atoms with Gasteiger partial charge in [-0.2, -0.15) is 0 Å². The van der Waals surface area contributed by atoms with E-state index < -0.39 is 0 Å². The van der Waals surface area contributed by atoms with Gasteiger partial charge >= 0.3 is 0 Å². The van der Waals surface area contributed by atoms with Gasteiger partial charge in [-0.15, -0.1) is 0 Å². The molecule has 13 rings (SSSR count). The van der Waals surface area contributed by atoms with Gasteiger partial charge in [-0.05, 0) is 86.1 Å². The first-order chi connectivity index (χ1) is 31.7. The maximum absolute atomic E-state index is 5.36. The van der Waals surface area contributed by atoms with Crippen LogP contribution >= 0.6 is 0 Å². The summed E-state index contributed by atoms with van der Waals surface area (Å²) in [5.41, 5.74) is 19.1. The fourth-order valence-electron chi connectivity index (χ4n) is 9.57. The molecule has 0 amide bonds. The van der Waals surface area contributed by atoms with E-state index in [4.69, 9.17) is 19.9 Å². The van der Waals surface area contributed by atoms with Crippen molar-refractivity contribution in [2.75, 3.05) is 0 Å². The summed E-state index contributed by atoms with van der Waals surface area (Å²) < 4.78 is 0. The van der Waals surface area contributed by atoms with Crippen LogP contribution in [0.2, 0.25) is 0 Å². The van der Waals surface area contributed by atoms with Crippen LogP contribution in [0.15, 0.2) is 213 Å².